The van der Waals surface area contributed by atoms with Gasteiger partial charge in [0.2, 0.25) is 0 Å². The average molecular weight is 288 g/mol. The Labute approximate surface area is 121 Å². The third-order valence-corrected chi connectivity index (χ3v) is 3.48. The van der Waals surface area contributed by atoms with Crippen molar-refractivity contribution in [1.82, 2.24) is 5.32 Å². The van der Waals surface area contributed by atoms with Gasteiger partial charge < -0.3 is 23.7 Å². The Morgan fingerprint density at radius 1 is 1.21 bits per heavy atom. The van der Waals surface area contributed by atoms with Crippen LogP contribution in [0.3, 0.4) is 0 Å². The number of nitrogens with two attached hydrogens (primary N) is 1. The number of nitrogens with one attached hydrogen (secondary N) is 1. The van der Waals surface area contributed by atoms with Gasteiger partial charge in [-0.1, -0.05) is 34.8 Å². The molecule has 1 aliphatic rings. The molecule has 0 saturated heterocycles. The van der Waals surface area contributed by atoms with E-state index in [0.717, 1.165) is 0 Å². The second-order valence-electron chi connectivity index (χ2n) is 3.87. The number of halogens is 1. The molecule has 1 atom stereocenters. The minimum atomic E-state index is -0.613. The normalized spacial score (nSPS) is 18.6. The molecule has 94 valence electrons. The van der Waals surface area contributed by atoms with Crippen molar-refractivity contribution in [3.05, 3.63) is 56.8 Å². The fourth-order valence-electron chi connectivity index (χ4n) is 1.95. The van der Waals surface area contributed by atoms with Gasteiger partial charge in [-0.25, -0.2) is 0 Å². The Morgan fingerprint density at radius 2 is 1.84 bits per heavy atom. The molecule has 0 fully saturated rings. The van der Waals surface area contributed by atoms with Gasteiger partial charge in [0.05, 0.1) is 23.6 Å². The van der Waals surface area contributed by atoms with Gasteiger partial charge >= 0.3 is 0 Å². The first-order valence-electron chi connectivity index (χ1n) is 5.32. The molecule has 0 aromatic heterocycles. The van der Waals surface area contributed by atoms with Gasteiger partial charge in [0.25, 0.3) is 0 Å². The quantitative estimate of drug-likeness (QED) is 0.772. The SMILES string of the molecule is N#CC1=C(N)NC([S-])=C(C#N)C1c1ccccc1Cl. The van der Waals surface area contributed by atoms with Crippen LogP contribution in [-0.2, 0) is 12.6 Å². The summed E-state index contributed by atoms with van der Waals surface area (Å²) in [5.41, 5.74) is 6.93. The smallest absolute Gasteiger partial charge is 0.114 e. The molecule has 6 heteroatoms. The van der Waals surface area contributed by atoms with Crippen LogP contribution in [0.25, 0.3) is 0 Å². The zero-order chi connectivity index (χ0) is 14.0. The van der Waals surface area contributed by atoms with Gasteiger partial charge in [0.1, 0.15) is 5.82 Å². The molecule has 0 radical (unpaired) electrons. The van der Waals surface area contributed by atoms with Crippen LogP contribution in [0.15, 0.2) is 46.3 Å². The van der Waals surface area contributed by atoms with Crippen molar-refractivity contribution in [2.24, 2.45) is 5.73 Å². The predicted molar refractivity (Wildman–Crippen MR) is 74.2 cm³/mol. The molecular formula is C13H8ClN4S-. The standard InChI is InChI=1S/C13H9ClN4S/c14-10-4-2-1-3-7(10)11-8(5-15)12(17)18-13(19)9(11)6-16/h1-4,11,18-19H,17H2/p-1. The number of rotatable bonds is 1. The molecule has 1 aromatic rings. The van der Waals surface area contributed by atoms with Gasteiger partial charge in [0.15, 0.2) is 0 Å². The Kier molecular flexibility index (Phi) is 3.62. The van der Waals surface area contributed by atoms with Crippen LogP contribution < -0.4 is 11.1 Å². The van der Waals surface area contributed by atoms with E-state index in [2.05, 4.69) is 5.32 Å². The molecule has 0 spiro atoms. The van der Waals surface area contributed by atoms with E-state index >= 15 is 0 Å². The summed E-state index contributed by atoms with van der Waals surface area (Å²) < 4.78 is 0. The number of hydrogen-bond acceptors (Lipinski definition) is 5. The van der Waals surface area contributed by atoms with Crippen molar-refractivity contribution in [2.75, 3.05) is 0 Å². The molecule has 4 nitrogen and oxygen atoms in total. The van der Waals surface area contributed by atoms with Crippen LogP contribution in [0.1, 0.15) is 11.5 Å². The van der Waals surface area contributed by atoms with Crippen molar-refractivity contribution < 1.29 is 0 Å². The van der Waals surface area contributed by atoms with Gasteiger partial charge in [0, 0.05) is 10.6 Å². The van der Waals surface area contributed by atoms with E-state index in [1.54, 1.807) is 24.3 Å². The van der Waals surface area contributed by atoms with Crippen LogP contribution in [0, 0.1) is 22.7 Å². The van der Waals surface area contributed by atoms with Gasteiger partial charge in [-0.3, -0.25) is 0 Å². The van der Waals surface area contributed by atoms with Gasteiger partial charge in [-0.05, 0) is 11.6 Å². The Hall–Kier alpha value is -2.21. The van der Waals surface area contributed by atoms with Crippen molar-refractivity contribution in [2.45, 2.75) is 5.92 Å². The number of nitriles is 2. The highest BCUT2D eigenvalue weighted by molar-refractivity contribution is 7.63. The largest absolute Gasteiger partial charge is 0.761 e. The number of dihydropyridines is 1. The first-order valence-corrected chi connectivity index (χ1v) is 6.11. The molecule has 1 aliphatic heterocycles. The maximum atomic E-state index is 9.25. The van der Waals surface area contributed by atoms with Crippen LogP contribution in [0.4, 0.5) is 0 Å². The third kappa shape index (κ3) is 2.22. The summed E-state index contributed by atoms with van der Waals surface area (Å²) in [5.74, 6) is -0.450. The Balaban J connectivity index is 2.69. The summed E-state index contributed by atoms with van der Waals surface area (Å²) in [4.78, 5) is 0. The van der Waals surface area contributed by atoms with Crippen molar-refractivity contribution >= 4 is 24.2 Å². The Morgan fingerprint density at radius 3 is 2.42 bits per heavy atom. The lowest BCUT2D eigenvalue weighted by Gasteiger charge is -2.30. The lowest BCUT2D eigenvalue weighted by Crippen LogP contribution is -2.29. The van der Waals surface area contributed by atoms with Gasteiger partial charge in [-0.15, -0.1) is 0 Å². The van der Waals surface area contributed by atoms with E-state index in [1.807, 2.05) is 12.1 Å². The third-order valence-electron chi connectivity index (χ3n) is 2.82. The molecule has 0 amide bonds. The van der Waals surface area contributed by atoms with E-state index in [-0.39, 0.29) is 22.0 Å². The molecule has 1 unspecified atom stereocenters. The molecule has 0 bridgehead atoms. The second-order valence-corrected chi connectivity index (χ2v) is 4.69. The fourth-order valence-corrected chi connectivity index (χ4v) is 2.47. The highest BCUT2D eigenvalue weighted by Gasteiger charge is 2.29. The molecule has 2 rings (SSSR count). The summed E-state index contributed by atoms with van der Waals surface area (Å²) in [6.07, 6.45) is 0. The van der Waals surface area contributed by atoms with Crippen molar-refractivity contribution in [1.29, 1.82) is 10.5 Å². The molecule has 3 N–H and O–H groups in total. The first kappa shape index (κ1) is 13.2. The zero-order valence-corrected chi connectivity index (χ0v) is 11.2. The van der Waals surface area contributed by atoms with Crippen LogP contribution >= 0.6 is 11.6 Å². The number of hydrogen-bond donors (Lipinski definition) is 2. The molecule has 0 saturated carbocycles. The number of allylic oxidation sites excluding steroid dienone is 2. The first-order chi connectivity index (χ1) is 9.10. The van der Waals surface area contributed by atoms with Crippen LogP contribution in [0.2, 0.25) is 5.02 Å². The summed E-state index contributed by atoms with van der Waals surface area (Å²) in [6, 6.07) is 11.1. The van der Waals surface area contributed by atoms with E-state index in [1.165, 1.54) is 0 Å². The average Bonchev–Trinajstić information content (AvgIpc) is 2.38. The van der Waals surface area contributed by atoms with Crippen molar-refractivity contribution in [3.63, 3.8) is 0 Å². The lowest BCUT2D eigenvalue weighted by molar-refractivity contribution is 0.841. The van der Waals surface area contributed by atoms with E-state index in [0.29, 0.717) is 10.6 Å². The van der Waals surface area contributed by atoms with E-state index < -0.39 is 5.92 Å². The lowest BCUT2D eigenvalue weighted by atomic mass is 9.84. The zero-order valence-electron chi connectivity index (χ0n) is 9.64. The summed E-state index contributed by atoms with van der Waals surface area (Å²) in [6.45, 7) is 0. The molecule has 19 heavy (non-hydrogen) atoms. The van der Waals surface area contributed by atoms with E-state index in [4.69, 9.17) is 30.0 Å². The number of nitrogens with zero attached hydrogens (tertiary/aromatic N) is 2. The molecular weight excluding hydrogens is 280 g/mol. The fraction of sp³-hybridized carbons (Fsp3) is 0.0769. The number of benzene rings is 1. The minimum absolute atomic E-state index is 0.163. The van der Waals surface area contributed by atoms with Crippen molar-refractivity contribution in [3.8, 4) is 12.1 Å². The highest BCUT2D eigenvalue weighted by atomic mass is 35.5. The topological polar surface area (TPSA) is 85.6 Å². The van der Waals surface area contributed by atoms with Gasteiger partial charge in [-0.2, -0.15) is 10.5 Å². The monoisotopic (exact) mass is 287 g/mol. The molecule has 1 heterocycles. The Bertz CT molecular complexity index is 643. The maximum absolute atomic E-state index is 9.25. The van der Waals surface area contributed by atoms with Crippen LogP contribution in [0.5, 0.6) is 0 Å². The van der Waals surface area contributed by atoms with E-state index in [9.17, 15) is 10.5 Å². The predicted octanol–water partition coefficient (Wildman–Crippen LogP) is 2.00. The summed E-state index contributed by atoms with van der Waals surface area (Å²) >= 11 is 11.2. The van der Waals surface area contributed by atoms with Crippen LogP contribution in [-0.4, -0.2) is 0 Å². The molecule has 0 aliphatic carbocycles. The highest BCUT2D eigenvalue weighted by Crippen LogP contribution is 2.38. The minimum Gasteiger partial charge on any atom is -0.761 e. The maximum Gasteiger partial charge on any atom is 0.114 e. The summed E-state index contributed by atoms with van der Waals surface area (Å²) in [7, 11) is 0. The summed E-state index contributed by atoms with van der Waals surface area (Å²) in [5, 5.41) is 21.9. The second kappa shape index (κ2) is 5.19. The molecule has 1 aromatic carbocycles.